The molecule has 8 nitrogen and oxygen atoms in total. The molecular formula is C22H48N2O6. The molecule has 0 bridgehead atoms. The monoisotopic (exact) mass is 436 g/mol. The van der Waals surface area contributed by atoms with Gasteiger partial charge in [-0.05, 0) is 47.0 Å². The average molecular weight is 437 g/mol. The molecule has 30 heavy (non-hydrogen) atoms. The fraction of sp³-hybridized carbons (Fsp3) is 0.909. The normalized spacial score (nSPS) is 11.9. The van der Waals surface area contributed by atoms with E-state index in [9.17, 15) is 4.79 Å². The van der Waals surface area contributed by atoms with Crippen LogP contribution in [0.5, 0.6) is 0 Å². The SMILES string of the molecule is CC.CC(C)(CCOC(C)(C)CCOC(=O)NC(C)(C)C(C)(C)C)OO.CNC=O. The predicted octanol–water partition coefficient (Wildman–Crippen LogP) is 4.77. The van der Waals surface area contributed by atoms with Gasteiger partial charge in [0.05, 0.1) is 24.4 Å². The number of alkyl carbamates (subject to hydrolysis) is 1. The summed E-state index contributed by atoms with van der Waals surface area (Å²) >= 11 is 0. The Labute approximate surface area is 184 Å². The molecule has 8 heteroatoms. The van der Waals surface area contributed by atoms with E-state index in [1.54, 1.807) is 20.9 Å². The number of hydrogen-bond acceptors (Lipinski definition) is 6. The number of amides is 2. The molecule has 0 unspecified atom stereocenters. The van der Waals surface area contributed by atoms with E-state index in [4.69, 9.17) is 19.5 Å². The first-order valence-electron chi connectivity index (χ1n) is 10.6. The standard InChI is InChI=1S/C18H37NO5.C2H5NO.C2H6/c1-15(2,3)18(8,9)19-14(20)22-12-10-16(4,5)23-13-11-17(6,7)24-21;1-3-2-4;1-2/h21H,10-13H2,1-9H3,(H,19,20);2H,1H3,(H,3,4);1-2H3. The minimum atomic E-state index is -0.634. The third kappa shape index (κ3) is 17.5. The van der Waals surface area contributed by atoms with Crippen molar-refractivity contribution in [3.8, 4) is 0 Å². The second kappa shape index (κ2) is 15.4. The molecular weight excluding hydrogens is 388 g/mol. The number of carbonyl (C=O) groups excluding carboxylic acids is 2. The summed E-state index contributed by atoms with van der Waals surface area (Å²) in [6.07, 6.45) is 1.35. The van der Waals surface area contributed by atoms with Gasteiger partial charge in [-0.25, -0.2) is 9.68 Å². The maximum atomic E-state index is 12.0. The van der Waals surface area contributed by atoms with Crippen LogP contribution in [0.25, 0.3) is 0 Å². The lowest BCUT2D eigenvalue weighted by atomic mass is 9.76. The van der Waals surface area contributed by atoms with Crippen molar-refractivity contribution in [1.29, 1.82) is 0 Å². The molecule has 0 radical (unpaired) electrons. The van der Waals surface area contributed by atoms with Crippen LogP contribution in [0.3, 0.4) is 0 Å². The van der Waals surface area contributed by atoms with Gasteiger partial charge in [0.25, 0.3) is 0 Å². The summed E-state index contributed by atoms with van der Waals surface area (Å²) in [6, 6.07) is 0. The van der Waals surface area contributed by atoms with Gasteiger partial charge in [0, 0.05) is 25.4 Å². The van der Waals surface area contributed by atoms with Crippen LogP contribution in [-0.2, 0) is 19.2 Å². The van der Waals surface area contributed by atoms with Gasteiger partial charge >= 0.3 is 6.09 Å². The lowest BCUT2D eigenvalue weighted by Crippen LogP contribution is -2.52. The van der Waals surface area contributed by atoms with Crippen molar-refractivity contribution in [3.05, 3.63) is 0 Å². The van der Waals surface area contributed by atoms with Gasteiger partial charge in [-0.1, -0.05) is 34.6 Å². The molecule has 0 rings (SSSR count). The third-order valence-corrected chi connectivity index (χ3v) is 4.79. The molecule has 182 valence electrons. The maximum Gasteiger partial charge on any atom is 0.407 e. The quantitative estimate of drug-likeness (QED) is 0.259. The van der Waals surface area contributed by atoms with Crippen molar-refractivity contribution < 1.29 is 29.2 Å². The van der Waals surface area contributed by atoms with Gasteiger partial charge in [-0.15, -0.1) is 0 Å². The van der Waals surface area contributed by atoms with Gasteiger partial charge < -0.3 is 20.1 Å². The number of hydrogen-bond donors (Lipinski definition) is 3. The molecule has 0 spiro atoms. The lowest BCUT2D eigenvalue weighted by molar-refractivity contribution is -0.316. The zero-order chi connectivity index (χ0) is 24.6. The molecule has 0 aliphatic rings. The molecule has 2 amide bonds. The van der Waals surface area contributed by atoms with Crippen molar-refractivity contribution in [2.75, 3.05) is 20.3 Å². The molecule has 0 aromatic rings. The highest BCUT2D eigenvalue weighted by molar-refractivity contribution is 5.68. The first kappa shape index (κ1) is 33.3. The van der Waals surface area contributed by atoms with E-state index in [0.29, 0.717) is 25.9 Å². The number of ether oxygens (including phenoxy) is 2. The molecule has 0 aromatic carbocycles. The highest BCUT2D eigenvalue weighted by Gasteiger charge is 2.34. The Kier molecular flexibility index (Phi) is 17.1. The molecule has 3 N–H and O–H groups in total. The van der Waals surface area contributed by atoms with Gasteiger partial charge in [0.1, 0.15) is 0 Å². The van der Waals surface area contributed by atoms with Crippen molar-refractivity contribution in [3.63, 3.8) is 0 Å². The Morgan fingerprint density at radius 1 is 0.900 bits per heavy atom. The van der Waals surface area contributed by atoms with Crippen LogP contribution in [0.1, 0.15) is 89.0 Å². The van der Waals surface area contributed by atoms with Crippen LogP contribution in [0.15, 0.2) is 0 Å². The number of nitrogens with one attached hydrogen (secondary N) is 2. The maximum absolute atomic E-state index is 12.0. The first-order valence-corrected chi connectivity index (χ1v) is 10.6. The van der Waals surface area contributed by atoms with Crippen LogP contribution in [-0.4, -0.2) is 54.8 Å². The molecule has 0 atom stereocenters. The molecule has 0 aliphatic carbocycles. The second-order valence-electron chi connectivity index (χ2n) is 9.50. The van der Waals surface area contributed by atoms with Crippen LogP contribution < -0.4 is 10.6 Å². The Morgan fingerprint density at radius 2 is 1.33 bits per heavy atom. The van der Waals surface area contributed by atoms with E-state index in [2.05, 4.69) is 36.3 Å². The van der Waals surface area contributed by atoms with E-state index < -0.39 is 17.3 Å². The Morgan fingerprint density at radius 3 is 1.70 bits per heavy atom. The Hall–Kier alpha value is -1.38. The van der Waals surface area contributed by atoms with Crippen molar-refractivity contribution >= 4 is 12.5 Å². The third-order valence-electron chi connectivity index (χ3n) is 4.79. The van der Waals surface area contributed by atoms with Gasteiger partial charge in [-0.3, -0.25) is 10.1 Å². The smallest absolute Gasteiger partial charge is 0.407 e. The summed E-state index contributed by atoms with van der Waals surface area (Å²) < 4.78 is 11.1. The molecule has 0 aliphatic heterocycles. The summed E-state index contributed by atoms with van der Waals surface area (Å²) in [6.45, 7) is 22.4. The lowest BCUT2D eigenvalue weighted by Gasteiger charge is -2.39. The van der Waals surface area contributed by atoms with Crippen LogP contribution in [0, 0.1) is 5.41 Å². The van der Waals surface area contributed by atoms with E-state index in [0.717, 1.165) is 0 Å². The molecule has 0 saturated carbocycles. The first-order chi connectivity index (χ1) is 13.5. The largest absolute Gasteiger partial charge is 0.449 e. The van der Waals surface area contributed by atoms with Crippen molar-refractivity contribution in [2.24, 2.45) is 5.41 Å². The van der Waals surface area contributed by atoms with E-state index >= 15 is 0 Å². The van der Waals surface area contributed by atoms with Crippen LogP contribution >= 0.6 is 0 Å². The summed E-state index contributed by atoms with van der Waals surface area (Å²) in [7, 11) is 1.56. The van der Waals surface area contributed by atoms with Gasteiger partial charge in [0.2, 0.25) is 6.41 Å². The van der Waals surface area contributed by atoms with E-state index in [1.165, 1.54) is 0 Å². The molecule has 0 heterocycles. The van der Waals surface area contributed by atoms with Gasteiger partial charge in [0.15, 0.2) is 0 Å². The summed E-state index contributed by atoms with van der Waals surface area (Å²) in [5, 5.41) is 13.9. The minimum absolute atomic E-state index is 0.0734. The van der Waals surface area contributed by atoms with E-state index in [-0.39, 0.29) is 17.6 Å². The Balaban J connectivity index is -0.00000108. The zero-order valence-corrected chi connectivity index (χ0v) is 21.4. The fourth-order valence-electron chi connectivity index (χ4n) is 1.56. The number of carbonyl (C=O) groups is 2. The summed E-state index contributed by atoms with van der Waals surface area (Å²) in [5.41, 5.74) is -1.50. The highest BCUT2D eigenvalue weighted by atomic mass is 17.1. The summed E-state index contributed by atoms with van der Waals surface area (Å²) in [5.74, 6) is 0. The average Bonchev–Trinajstić information content (AvgIpc) is 2.61. The summed E-state index contributed by atoms with van der Waals surface area (Å²) in [4.78, 5) is 25.4. The fourth-order valence-corrected chi connectivity index (χ4v) is 1.56. The minimum Gasteiger partial charge on any atom is -0.449 e. The molecule has 0 saturated heterocycles. The highest BCUT2D eigenvalue weighted by Crippen LogP contribution is 2.29. The van der Waals surface area contributed by atoms with Crippen LogP contribution in [0.2, 0.25) is 0 Å². The Bertz CT molecular complexity index is 457. The van der Waals surface area contributed by atoms with E-state index in [1.807, 2.05) is 41.5 Å². The topological polar surface area (TPSA) is 106 Å². The zero-order valence-electron chi connectivity index (χ0n) is 21.4. The molecule has 0 fully saturated rings. The van der Waals surface area contributed by atoms with Crippen LogP contribution in [0.4, 0.5) is 4.79 Å². The van der Waals surface area contributed by atoms with Crippen molar-refractivity contribution in [1.82, 2.24) is 10.6 Å². The predicted molar refractivity (Wildman–Crippen MR) is 122 cm³/mol. The van der Waals surface area contributed by atoms with Gasteiger partial charge in [-0.2, -0.15) is 0 Å². The van der Waals surface area contributed by atoms with Crippen molar-refractivity contribution in [2.45, 2.75) is 106 Å². The second-order valence-corrected chi connectivity index (χ2v) is 9.50. The number of rotatable bonds is 10. The molecule has 0 aromatic heterocycles.